The summed E-state index contributed by atoms with van der Waals surface area (Å²) >= 11 is 0. The Bertz CT molecular complexity index is 771. The van der Waals surface area contributed by atoms with Crippen molar-refractivity contribution in [2.45, 2.75) is 13.0 Å². The molecular weight excluding hydrogens is 300 g/mol. The Kier molecular flexibility index (Phi) is 3.73. The summed E-state index contributed by atoms with van der Waals surface area (Å²) in [7, 11) is 1.68. The number of aromatic nitrogens is 3. The van der Waals surface area contributed by atoms with E-state index in [0.717, 1.165) is 0 Å². The number of para-hydroxylation sites is 1. The summed E-state index contributed by atoms with van der Waals surface area (Å²) in [4.78, 5) is 25.9. The standard InChI is InChI=1S/C15H16N4O4/c1-9-12(16-17-18(9)2)14(20)19-7-8-23-11-6-4-3-5-10(11)13(19)15(21)22/h3-6,13H,7-8H2,1-2H3,(H,21,22). The molecule has 0 bridgehead atoms. The van der Waals surface area contributed by atoms with E-state index in [2.05, 4.69) is 10.3 Å². The Morgan fingerprint density at radius 1 is 1.35 bits per heavy atom. The zero-order valence-electron chi connectivity index (χ0n) is 12.8. The van der Waals surface area contributed by atoms with E-state index in [1.807, 2.05) is 0 Å². The number of hydrogen-bond acceptors (Lipinski definition) is 5. The van der Waals surface area contributed by atoms with Crippen molar-refractivity contribution in [2.24, 2.45) is 7.05 Å². The summed E-state index contributed by atoms with van der Waals surface area (Å²) in [6, 6.07) is 5.72. The van der Waals surface area contributed by atoms with E-state index in [1.54, 1.807) is 38.2 Å². The number of ether oxygens (including phenoxy) is 1. The summed E-state index contributed by atoms with van der Waals surface area (Å²) in [5.41, 5.74) is 1.18. The summed E-state index contributed by atoms with van der Waals surface area (Å²) in [5.74, 6) is -1.10. The first-order valence-corrected chi connectivity index (χ1v) is 7.12. The predicted molar refractivity (Wildman–Crippen MR) is 79.1 cm³/mol. The Morgan fingerprint density at radius 3 is 2.74 bits per heavy atom. The number of carbonyl (C=O) groups excluding carboxylic acids is 1. The van der Waals surface area contributed by atoms with Crippen molar-refractivity contribution in [3.05, 3.63) is 41.2 Å². The molecule has 8 nitrogen and oxygen atoms in total. The number of amides is 1. The van der Waals surface area contributed by atoms with Crippen LogP contribution in [0, 0.1) is 6.92 Å². The van der Waals surface area contributed by atoms with Gasteiger partial charge in [-0.2, -0.15) is 0 Å². The zero-order chi connectivity index (χ0) is 16.6. The molecule has 3 rings (SSSR count). The number of rotatable bonds is 2. The fourth-order valence-electron chi connectivity index (χ4n) is 2.61. The molecule has 0 saturated heterocycles. The molecule has 2 heterocycles. The molecule has 0 fully saturated rings. The first-order chi connectivity index (χ1) is 11.0. The molecule has 0 aliphatic carbocycles. The molecular formula is C15H16N4O4. The number of hydrogen-bond donors (Lipinski definition) is 1. The van der Waals surface area contributed by atoms with Crippen LogP contribution < -0.4 is 4.74 Å². The van der Waals surface area contributed by atoms with Crippen molar-refractivity contribution in [2.75, 3.05) is 13.2 Å². The van der Waals surface area contributed by atoms with Gasteiger partial charge in [-0.05, 0) is 13.0 Å². The third kappa shape index (κ3) is 2.52. The van der Waals surface area contributed by atoms with Crippen molar-refractivity contribution >= 4 is 11.9 Å². The fraction of sp³-hybridized carbons (Fsp3) is 0.333. The molecule has 120 valence electrons. The molecule has 1 unspecified atom stereocenters. The topological polar surface area (TPSA) is 97.6 Å². The normalized spacial score (nSPS) is 17.1. The monoisotopic (exact) mass is 316 g/mol. The molecule has 0 saturated carbocycles. The van der Waals surface area contributed by atoms with Gasteiger partial charge in [0.15, 0.2) is 11.7 Å². The molecule has 1 amide bonds. The van der Waals surface area contributed by atoms with Gasteiger partial charge in [0.1, 0.15) is 12.4 Å². The number of benzene rings is 1. The summed E-state index contributed by atoms with van der Waals surface area (Å²) in [6.45, 7) is 2.08. The van der Waals surface area contributed by atoms with Gasteiger partial charge in [-0.1, -0.05) is 23.4 Å². The lowest BCUT2D eigenvalue weighted by atomic mass is 10.0. The van der Waals surface area contributed by atoms with Crippen molar-refractivity contribution < 1.29 is 19.4 Å². The molecule has 0 spiro atoms. The highest BCUT2D eigenvalue weighted by Crippen LogP contribution is 2.33. The van der Waals surface area contributed by atoms with Gasteiger partial charge in [0.05, 0.1) is 12.2 Å². The minimum absolute atomic E-state index is 0.151. The van der Waals surface area contributed by atoms with E-state index in [-0.39, 0.29) is 18.8 Å². The molecule has 1 aliphatic heterocycles. The number of carboxylic acid groups (broad SMARTS) is 1. The number of aryl methyl sites for hydroxylation is 1. The Hall–Kier alpha value is -2.90. The van der Waals surface area contributed by atoms with Crippen molar-refractivity contribution in [3.8, 4) is 5.75 Å². The highest BCUT2D eigenvalue weighted by atomic mass is 16.5. The largest absolute Gasteiger partial charge is 0.491 e. The van der Waals surface area contributed by atoms with E-state index in [1.165, 1.54) is 9.58 Å². The van der Waals surface area contributed by atoms with Crippen LogP contribution in [0.15, 0.2) is 24.3 Å². The van der Waals surface area contributed by atoms with Crippen LogP contribution in [0.1, 0.15) is 27.8 Å². The van der Waals surface area contributed by atoms with Crippen LogP contribution in [0.3, 0.4) is 0 Å². The molecule has 1 aliphatic rings. The van der Waals surface area contributed by atoms with E-state index in [0.29, 0.717) is 17.0 Å². The second-order valence-corrected chi connectivity index (χ2v) is 5.27. The van der Waals surface area contributed by atoms with Gasteiger partial charge >= 0.3 is 5.97 Å². The Balaban J connectivity index is 2.05. The number of carbonyl (C=O) groups is 2. The summed E-state index contributed by atoms with van der Waals surface area (Å²) in [5, 5.41) is 17.3. The molecule has 23 heavy (non-hydrogen) atoms. The number of fused-ring (bicyclic) bond motifs is 1. The average molecular weight is 316 g/mol. The van der Waals surface area contributed by atoms with Gasteiger partial charge in [-0.3, -0.25) is 9.48 Å². The molecule has 8 heteroatoms. The van der Waals surface area contributed by atoms with Gasteiger partial charge in [0.25, 0.3) is 5.91 Å². The van der Waals surface area contributed by atoms with Crippen LogP contribution in [-0.4, -0.2) is 50.0 Å². The Labute approximate surface area is 132 Å². The van der Waals surface area contributed by atoms with Crippen molar-refractivity contribution in [1.29, 1.82) is 0 Å². The quantitative estimate of drug-likeness (QED) is 0.879. The van der Waals surface area contributed by atoms with Gasteiger partial charge in [-0.25, -0.2) is 4.79 Å². The lowest BCUT2D eigenvalue weighted by molar-refractivity contribution is -0.142. The van der Waals surface area contributed by atoms with Crippen molar-refractivity contribution in [3.63, 3.8) is 0 Å². The number of carboxylic acids is 1. The average Bonchev–Trinajstić information content (AvgIpc) is 2.75. The summed E-state index contributed by atoms with van der Waals surface area (Å²) < 4.78 is 7.06. The first kappa shape index (κ1) is 15.0. The van der Waals surface area contributed by atoms with Crippen LogP contribution in [0.5, 0.6) is 5.75 Å². The van der Waals surface area contributed by atoms with Gasteiger partial charge < -0.3 is 14.7 Å². The SMILES string of the molecule is Cc1c(C(=O)N2CCOc3ccccc3C2C(=O)O)nnn1C. The predicted octanol–water partition coefficient (Wildman–Crippen LogP) is 0.784. The lowest BCUT2D eigenvalue weighted by Gasteiger charge is -2.26. The van der Waals surface area contributed by atoms with Crippen LogP contribution in [-0.2, 0) is 11.8 Å². The maximum Gasteiger partial charge on any atom is 0.331 e. The third-order valence-electron chi connectivity index (χ3n) is 3.92. The second kappa shape index (κ2) is 5.71. The third-order valence-corrected chi connectivity index (χ3v) is 3.92. The zero-order valence-corrected chi connectivity index (χ0v) is 12.8. The van der Waals surface area contributed by atoms with Gasteiger partial charge in [0.2, 0.25) is 0 Å². The molecule has 1 atom stereocenters. The number of aliphatic carboxylic acids is 1. The van der Waals surface area contributed by atoms with E-state index in [4.69, 9.17) is 4.74 Å². The molecule has 2 aromatic rings. The molecule has 0 radical (unpaired) electrons. The summed E-state index contributed by atoms with van der Waals surface area (Å²) in [6.07, 6.45) is 0. The minimum Gasteiger partial charge on any atom is -0.491 e. The highest BCUT2D eigenvalue weighted by molar-refractivity contribution is 5.96. The molecule has 1 N–H and O–H groups in total. The van der Waals surface area contributed by atoms with Crippen LogP contribution >= 0.6 is 0 Å². The van der Waals surface area contributed by atoms with Crippen LogP contribution in [0.2, 0.25) is 0 Å². The maximum absolute atomic E-state index is 12.8. The fourth-order valence-corrected chi connectivity index (χ4v) is 2.61. The molecule has 1 aromatic heterocycles. The molecule has 1 aromatic carbocycles. The van der Waals surface area contributed by atoms with E-state index in [9.17, 15) is 14.7 Å². The minimum atomic E-state index is -1.12. The van der Waals surface area contributed by atoms with Crippen molar-refractivity contribution in [1.82, 2.24) is 19.9 Å². The van der Waals surface area contributed by atoms with Crippen LogP contribution in [0.25, 0.3) is 0 Å². The Morgan fingerprint density at radius 2 is 2.09 bits per heavy atom. The van der Waals surface area contributed by atoms with Gasteiger partial charge in [0, 0.05) is 12.6 Å². The second-order valence-electron chi connectivity index (χ2n) is 5.27. The van der Waals surface area contributed by atoms with Gasteiger partial charge in [-0.15, -0.1) is 5.10 Å². The maximum atomic E-state index is 12.8. The van der Waals surface area contributed by atoms with Crippen LogP contribution in [0.4, 0.5) is 0 Å². The lowest BCUT2D eigenvalue weighted by Crippen LogP contribution is -2.40. The smallest absolute Gasteiger partial charge is 0.331 e. The highest BCUT2D eigenvalue weighted by Gasteiger charge is 2.37. The van der Waals surface area contributed by atoms with E-state index < -0.39 is 17.9 Å². The van der Waals surface area contributed by atoms with E-state index >= 15 is 0 Å². The first-order valence-electron chi connectivity index (χ1n) is 7.12. The number of nitrogens with zero attached hydrogens (tertiary/aromatic N) is 4.